The van der Waals surface area contributed by atoms with Gasteiger partial charge < -0.3 is 10.2 Å². The summed E-state index contributed by atoms with van der Waals surface area (Å²) in [4.78, 5) is 26.6. The molecule has 2 saturated heterocycles. The highest BCUT2D eigenvalue weighted by Gasteiger charge is 2.38. The molecule has 142 valence electrons. The van der Waals surface area contributed by atoms with Crippen LogP contribution in [0, 0.1) is 0 Å². The molecule has 0 aromatic heterocycles. The zero-order valence-corrected chi connectivity index (χ0v) is 15.9. The minimum atomic E-state index is -0.287. The van der Waals surface area contributed by atoms with E-state index in [1.165, 1.54) is 22.8 Å². The summed E-state index contributed by atoms with van der Waals surface area (Å²) in [6.45, 7) is 1.78. The van der Waals surface area contributed by atoms with Crippen LogP contribution in [0.3, 0.4) is 0 Å². The van der Waals surface area contributed by atoms with Crippen molar-refractivity contribution in [3.8, 4) is 0 Å². The van der Waals surface area contributed by atoms with Crippen LogP contribution in [0.2, 0.25) is 0 Å². The molecular formula is C23H28N2O2. The summed E-state index contributed by atoms with van der Waals surface area (Å²) in [5.74, 6) is 0.356. The first-order valence-corrected chi connectivity index (χ1v) is 10.2. The molecule has 2 aliphatic heterocycles. The molecule has 0 aliphatic carbocycles. The molecule has 4 nitrogen and oxygen atoms in total. The van der Waals surface area contributed by atoms with E-state index in [0.29, 0.717) is 12.8 Å². The lowest BCUT2D eigenvalue weighted by Gasteiger charge is -2.32. The molecule has 0 spiro atoms. The smallest absolute Gasteiger partial charge is 0.222 e. The van der Waals surface area contributed by atoms with E-state index in [1.54, 1.807) is 0 Å². The highest BCUT2D eigenvalue weighted by molar-refractivity contribution is 5.83. The fraction of sp³-hybridized carbons (Fsp3) is 0.478. The molecule has 4 heteroatoms. The van der Waals surface area contributed by atoms with Crippen molar-refractivity contribution in [2.75, 3.05) is 13.1 Å². The minimum Gasteiger partial charge on any atom is -0.350 e. The highest BCUT2D eigenvalue weighted by atomic mass is 16.2. The molecule has 2 heterocycles. The van der Waals surface area contributed by atoms with Crippen molar-refractivity contribution in [3.05, 3.63) is 48.0 Å². The van der Waals surface area contributed by atoms with Gasteiger partial charge in [-0.25, -0.2) is 0 Å². The molecule has 1 N–H and O–H groups in total. The maximum atomic E-state index is 12.6. The SMILES string of the molecule is O=C1CC[C@](CCC(=O)N2CCCCC2)(Cc2ccc3ccccc3c2)N1. The summed E-state index contributed by atoms with van der Waals surface area (Å²) < 4.78 is 0. The largest absolute Gasteiger partial charge is 0.350 e. The second-order valence-corrected chi connectivity index (χ2v) is 8.13. The Morgan fingerprint density at radius 2 is 1.81 bits per heavy atom. The summed E-state index contributed by atoms with van der Waals surface area (Å²) in [5.41, 5.74) is 0.937. The molecule has 2 aliphatic rings. The van der Waals surface area contributed by atoms with Gasteiger partial charge in [0, 0.05) is 31.5 Å². The van der Waals surface area contributed by atoms with Gasteiger partial charge in [0.05, 0.1) is 0 Å². The van der Waals surface area contributed by atoms with Crippen LogP contribution in [-0.4, -0.2) is 35.3 Å². The van der Waals surface area contributed by atoms with E-state index >= 15 is 0 Å². The van der Waals surface area contributed by atoms with E-state index in [2.05, 4.69) is 41.7 Å². The number of fused-ring (bicyclic) bond motifs is 1. The highest BCUT2D eigenvalue weighted by Crippen LogP contribution is 2.31. The Hall–Kier alpha value is -2.36. The van der Waals surface area contributed by atoms with Crippen LogP contribution < -0.4 is 5.32 Å². The van der Waals surface area contributed by atoms with Crippen LogP contribution in [0.15, 0.2) is 42.5 Å². The average Bonchev–Trinajstić information content (AvgIpc) is 3.07. The lowest BCUT2D eigenvalue weighted by Crippen LogP contribution is -2.45. The van der Waals surface area contributed by atoms with E-state index in [-0.39, 0.29) is 17.4 Å². The van der Waals surface area contributed by atoms with Crippen molar-refractivity contribution >= 4 is 22.6 Å². The molecule has 0 bridgehead atoms. The number of amides is 2. The molecule has 0 radical (unpaired) electrons. The quantitative estimate of drug-likeness (QED) is 0.877. The second-order valence-electron chi connectivity index (χ2n) is 8.13. The zero-order chi connectivity index (χ0) is 18.7. The number of carbonyl (C=O) groups is 2. The second kappa shape index (κ2) is 7.71. The molecular weight excluding hydrogens is 336 g/mol. The maximum Gasteiger partial charge on any atom is 0.222 e. The van der Waals surface area contributed by atoms with Crippen molar-refractivity contribution in [2.24, 2.45) is 0 Å². The summed E-state index contributed by atoms with van der Waals surface area (Å²) in [5, 5.41) is 5.66. The Kier molecular flexibility index (Phi) is 5.15. The van der Waals surface area contributed by atoms with Gasteiger partial charge in [-0.2, -0.15) is 0 Å². The van der Waals surface area contributed by atoms with E-state index in [4.69, 9.17) is 0 Å². The van der Waals surface area contributed by atoms with Crippen molar-refractivity contribution in [1.82, 2.24) is 10.2 Å². The van der Waals surface area contributed by atoms with Gasteiger partial charge >= 0.3 is 0 Å². The number of piperidine rings is 1. The van der Waals surface area contributed by atoms with Crippen LogP contribution in [-0.2, 0) is 16.0 Å². The van der Waals surface area contributed by atoms with Gasteiger partial charge in [-0.15, -0.1) is 0 Å². The van der Waals surface area contributed by atoms with Crippen LogP contribution in [0.4, 0.5) is 0 Å². The molecule has 2 aromatic carbocycles. The number of nitrogens with one attached hydrogen (secondary N) is 1. The molecule has 2 fully saturated rings. The minimum absolute atomic E-state index is 0.112. The first-order valence-electron chi connectivity index (χ1n) is 10.2. The first-order chi connectivity index (χ1) is 13.1. The number of hydrogen-bond acceptors (Lipinski definition) is 2. The van der Waals surface area contributed by atoms with Crippen LogP contribution >= 0.6 is 0 Å². The van der Waals surface area contributed by atoms with Crippen molar-refractivity contribution in [1.29, 1.82) is 0 Å². The van der Waals surface area contributed by atoms with Crippen molar-refractivity contribution < 1.29 is 9.59 Å². The third-order valence-electron chi connectivity index (χ3n) is 6.12. The van der Waals surface area contributed by atoms with Gasteiger partial charge in [-0.1, -0.05) is 42.5 Å². The normalized spacial score (nSPS) is 22.8. The molecule has 2 amide bonds. The van der Waals surface area contributed by atoms with E-state index in [9.17, 15) is 9.59 Å². The summed E-state index contributed by atoms with van der Waals surface area (Å²) in [7, 11) is 0. The van der Waals surface area contributed by atoms with Crippen molar-refractivity contribution in [2.45, 2.75) is 56.9 Å². The van der Waals surface area contributed by atoms with Crippen LogP contribution in [0.1, 0.15) is 50.5 Å². The number of nitrogens with zero attached hydrogens (tertiary/aromatic N) is 1. The number of benzene rings is 2. The number of carbonyl (C=O) groups excluding carboxylic acids is 2. The Morgan fingerprint density at radius 3 is 2.56 bits per heavy atom. The van der Waals surface area contributed by atoms with Gasteiger partial charge in [0.1, 0.15) is 0 Å². The monoisotopic (exact) mass is 364 g/mol. The molecule has 1 atom stereocenters. The lowest BCUT2D eigenvalue weighted by atomic mass is 9.84. The third kappa shape index (κ3) is 4.15. The topological polar surface area (TPSA) is 49.4 Å². The predicted octanol–water partition coefficient (Wildman–Crippen LogP) is 3.82. The fourth-order valence-electron chi connectivity index (χ4n) is 4.57. The number of likely N-dealkylation sites (tertiary alicyclic amines) is 1. The number of rotatable bonds is 5. The Labute approximate surface area is 160 Å². The van der Waals surface area contributed by atoms with Gasteiger partial charge in [-0.3, -0.25) is 9.59 Å². The van der Waals surface area contributed by atoms with Crippen LogP contribution in [0.25, 0.3) is 10.8 Å². The first kappa shape index (κ1) is 18.0. The van der Waals surface area contributed by atoms with Gasteiger partial charge in [0.15, 0.2) is 0 Å². The lowest BCUT2D eigenvalue weighted by molar-refractivity contribution is -0.132. The van der Waals surface area contributed by atoms with Crippen LogP contribution in [0.5, 0.6) is 0 Å². The molecule has 0 saturated carbocycles. The van der Waals surface area contributed by atoms with Gasteiger partial charge in [-0.05, 0) is 54.9 Å². The van der Waals surface area contributed by atoms with E-state index in [0.717, 1.165) is 45.2 Å². The predicted molar refractivity (Wildman–Crippen MR) is 107 cm³/mol. The Bertz CT molecular complexity index is 841. The molecule has 4 rings (SSSR count). The molecule has 0 unspecified atom stereocenters. The Balaban J connectivity index is 1.47. The standard InChI is InChI=1S/C23H28N2O2/c26-21-10-12-23(24-21,13-11-22(27)25-14-4-1-5-15-25)17-18-8-9-19-6-2-3-7-20(19)16-18/h2-3,6-9,16H,1,4-5,10-15,17H2,(H,24,26)/t23-/m0/s1. The zero-order valence-electron chi connectivity index (χ0n) is 15.9. The molecule has 2 aromatic rings. The third-order valence-corrected chi connectivity index (χ3v) is 6.12. The summed E-state index contributed by atoms with van der Waals surface area (Å²) >= 11 is 0. The van der Waals surface area contributed by atoms with Gasteiger partial charge in [0.2, 0.25) is 11.8 Å². The number of hydrogen-bond donors (Lipinski definition) is 1. The summed E-state index contributed by atoms with van der Waals surface area (Å²) in [6, 6.07) is 14.9. The van der Waals surface area contributed by atoms with Gasteiger partial charge in [0.25, 0.3) is 0 Å². The Morgan fingerprint density at radius 1 is 1.04 bits per heavy atom. The van der Waals surface area contributed by atoms with Crippen molar-refractivity contribution in [3.63, 3.8) is 0 Å². The van der Waals surface area contributed by atoms with E-state index < -0.39 is 0 Å². The molecule has 27 heavy (non-hydrogen) atoms. The summed E-state index contributed by atoms with van der Waals surface area (Å²) in [6.07, 6.45) is 6.87. The van der Waals surface area contributed by atoms with E-state index in [1.807, 2.05) is 11.0 Å². The fourth-order valence-corrected chi connectivity index (χ4v) is 4.57. The maximum absolute atomic E-state index is 12.6. The average molecular weight is 364 g/mol.